The molecular formula is C14H20F2IN3O. The summed E-state index contributed by atoms with van der Waals surface area (Å²) in [6, 6.07) is 6.84. The molecule has 0 spiro atoms. The lowest BCUT2D eigenvalue weighted by molar-refractivity contribution is -0.0834. The maximum absolute atomic E-state index is 12.7. The van der Waals surface area contributed by atoms with Crippen molar-refractivity contribution in [2.24, 2.45) is 10.7 Å². The third kappa shape index (κ3) is 5.64. The molecule has 1 aliphatic carbocycles. The van der Waals surface area contributed by atoms with Crippen molar-refractivity contribution in [2.75, 3.05) is 5.32 Å². The van der Waals surface area contributed by atoms with Crippen molar-refractivity contribution in [3.8, 4) is 5.75 Å². The van der Waals surface area contributed by atoms with E-state index in [1.165, 1.54) is 0 Å². The molecule has 1 aromatic carbocycles. The van der Waals surface area contributed by atoms with Crippen LogP contribution in [0.3, 0.4) is 0 Å². The van der Waals surface area contributed by atoms with Crippen LogP contribution in [0.25, 0.3) is 0 Å². The van der Waals surface area contributed by atoms with Crippen LogP contribution in [0.1, 0.15) is 26.7 Å². The van der Waals surface area contributed by atoms with Gasteiger partial charge in [-0.15, -0.1) is 24.0 Å². The van der Waals surface area contributed by atoms with Gasteiger partial charge in [-0.1, -0.05) is 0 Å². The molecule has 0 aromatic heterocycles. The van der Waals surface area contributed by atoms with E-state index >= 15 is 0 Å². The number of guanidine groups is 1. The first-order chi connectivity index (χ1) is 9.34. The lowest BCUT2D eigenvalue weighted by Crippen LogP contribution is -2.40. The number of hydrogen-bond donors (Lipinski definition) is 2. The minimum Gasteiger partial charge on any atom is -0.491 e. The zero-order chi connectivity index (χ0) is 14.8. The van der Waals surface area contributed by atoms with Gasteiger partial charge in [0.1, 0.15) is 5.75 Å². The molecule has 0 radical (unpaired) electrons. The topological polar surface area (TPSA) is 59.6 Å². The monoisotopic (exact) mass is 411 g/mol. The smallest absolute Gasteiger partial charge is 0.252 e. The Hall–Kier alpha value is -1.12. The van der Waals surface area contributed by atoms with Crippen molar-refractivity contribution in [1.29, 1.82) is 0 Å². The van der Waals surface area contributed by atoms with Crippen LogP contribution < -0.4 is 15.8 Å². The number of aliphatic imine (C=N–C) groups is 1. The molecule has 4 nitrogen and oxygen atoms in total. The number of hydrogen-bond acceptors (Lipinski definition) is 2. The molecule has 7 heteroatoms. The minimum absolute atomic E-state index is 0. The van der Waals surface area contributed by atoms with Crippen molar-refractivity contribution in [2.45, 2.75) is 44.8 Å². The summed E-state index contributed by atoms with van der Waals surface area (Å²) in [7, 11) is 0. The van der Waals surface area contributed by atoms with E-state index in [0.717, 1.165) is 11.4 Å². The van der Waals surface area contributed by atoms with Gasteiger partial charge in [-0.2, -0.15) is 0 Å². The first-order valence-corrected chi connectivity index (χ1v) is 6.59. The van der Waals surface area contributed by atoms with Crippen molar-refractivity contribution in [1.82, 2.24) is 0 Å². The molecule has 1 aliphatic rings. The maximum atomic E-state index is 12.7. The van der Waals surface area contributed by atoms with E-state index in [0.29, 0.717) is 0 Å². The zero-order valence-corrected chi connectivity index (χ0v) is 14.3. The Bertz CT molecular complexity index is 483. The fourth-order valence-corrected chi connectivity index (χ4v) is 1.99. The highest BCUT2D eigenvalue weighted by Crippen LogP contribution is 2.39. The number of nitrogens with two attached hydrogens (primary N) is 1. The number of ether oxygens (including phenoxy) is 1. The van der Waals surface area contributed by atoms with E-state index in [2.05, 4.69) is 10.3 Å². The van der Waals surface area contributed by atoms with Gasteiger partial charge in [0.05, 0.1) is 12.1 Å². The van der Waals surface area contributed by atoms with Crippen LogP contribution in [0.5, 0.6) is 5.75 Å². The Morgan fingerprint density at radius 3 is 2.38 bits per heavy atom. The van der Waals surface area contributed by atoms with Crippen LogP contribution in [0.15, 0.2) is 29.3 Å². The van der Waals surface area contributed by atoms with Gasteiger partial charge < -0.3 is 15.8 Å². The zero-order valence-electron chi connectivity index (χ0n) is 12.0. The lowest BCUT2D eigenvalue weighted by atomic mass is 9.89. The summed E-state index contributed by atoms with van der Waals surface area (Å²) in [4.78, 5) is 4.02. The quantitative estimate of drug-likeness (QED) is 0.452. The molecule has 0 amide bonds. The van der Waals surface area contributed by atoms with E-state index in [1.54, 1.807) is 12.1 Å². The van der Waals surface area contributed by atoms with Gasteiger partial charge in [-0.25, -0.2) is 13.8 Å². The Kier molecular flexibility index (Phi) is 6.18. The van der Waals surface area contributed by atoms with Crippen molar-refractivity contribution in [3.63, 3.8) is 0 Å². The van der Waals surface area contributed by atoms with Crippen LogP contribution in [0.4, 0.5) is 14.5 Å². The molecule has 1 fully saturated rings. The maximum Gasteiger partial charge on any atom is 0.252 e. The number of anilines is 1. The number of alkyl halides is 2. The van der Waals surface area contributed by atoms with Gasteiger partial charge in [-0.3, -0.25) is 0 Å². The highest BCUT2D eigenvalue weighted by atomic mass is 127. The second kappa shape index (κ2) is 7.24. The van der Waals surface area contributed by atoms with Gasteiger partial charge in [0.15, 0.2) is 5.96 Å². The molecule has 2 rings (SSSR count). The SMILES string of the molecule is CC(C)Oc1ccc(NC(N)=NC2CC(F)(F)C2)cc1.I. The Labute approximate surface area is 140 Å². The Balaban J connectivity index is 0.00000220. The normalized spacial score (nSPS) is 17.9. The summed E-state index contributed by atoms with van der Waals surface area (Å²) in [5, 5.41) is 2.88. The van der Waals surface area contributed by atoms with Crippen LogP contribution in [0.2, 0.25) is 0 Å². The van der Waals surface area contributed by atoms with Crippen LogP contribution in [0, 0.1) is 0 Å². The molecule has 0 heterocycles. The Morgan fingerprint density at radius 2 is 1.90 bits per heavy atom. The van der Waals surface area contributed by atoms with Crippen molar-refractivity contribution in [3.05, 3.63) is 24.3 Å². The fraction of sp³-hybridized carbons (Fsp3) is 0.500. The summed E-state index contributed by atoms with van der Waals surface area (Å²) in [6.45, 7) is 3.90. The standard InChI is InChI=1S/C14H19F2N3O.HI/c1-9(2)20-12-5-3-10(4-6-12)18-13(17)19-11-7-14(15,16)8-11;/h3-6,9,11H,7-8H2,1-2H3,(H3,17,18,19);1H. The molecule has 0 atom stereocenters. The van der Waals surface area contributed by atoms with Crippen molar-refractivity contribution < 1.29 is 13.5 Å². The molecule has 0 unspecified atom stereocenters. The number of benzene rings is 1. The van der Waals surface area contributed by atoms with E-state index in [1.807, 2.05) is 26.0 Å². The van der Waals surface area contributed by atoms with E-state index in [-0.39, 0.29) is 54.9 Å². The molecule has 118 valence electrons. The van der Waals surface area contributed by atoms with Gasteiger partial charge in [0, 0.05) is 18.5 Å². The van der Waals surface area contributed by atoms with Crippen LogP contribution >= 0.6 is 24.0 Å². The van der Waals surface area contributed by atoms with Crippen LogP contribution in [-0.4, -0.2) is 24.0 Å². The van der Waals surface area contributed by atoms with E-state index in [9.17, 15) is 8.78 Å². The second-order valence-corrected chi connectivity index (χ2v) is 5.25. The second-order valence-electron chi connectivity index (χ2n) is 5.25. The van der Waals surface area contributed by atoms with Gasteiger partial charge in [0.25, 0.3) is 5.92 Å². The predicted octanol–water partition coefficient (Wildman–Crippen LogP) is 3.62. The average Bonchev–Trinajstić information content (AvgIpc) is 2.28. The van der Waals surface area contributed by atoms with E-state index in [4.69, 9.17) is 10.5 Å². The molecule has 0 bridgehead atoms. The molecule has 21 heavy (non-hydrogen) atoms. The van der Waals surface area contributed by atoms with Crippen molar-refractivity contribution >= 4 is 35.6 Å². The first-order valence-electron chi connectivity index (χ1n) is 6.59. The summed E-state index contributed by atoms with van der Waals surface area (Å²) in [5.41, 5.74) is 6.43. The van der Waals surface area contributed by atoms with Gasteiger partial charge in [0.2, 0.25) is 0 Å². The molecule has 1 aromatic rings. The summed E-state index contributed by atoms with van der Waals surface area (Å²) in [6.07, 6.45) is -0.340. The highest BCUT2D eigenvalue weighted by Gasteiger charge is 2.45. The molecule has 0 aliphatic heterocycles. The average molecular weight is 411 g/mol. The number of halogens is 3. The third-order valence-electron chi connectivity index (χ3n) is 2.89. The number of nitrogens with one attached hydrogen (secondary N) is 1. The number of rotatable bonds is 4. The molecular weight excluding hydrogens is 391 g/mol. The largest absolute Gasteiger partial charge is 0.491 e. The van der Waals surface area contributed by atoms with Gasteiger partial charge >= 0.3 is 0 Å². The fourth-order valence-electron chi connectivity index (χ4n) is 1.99. The highest BCUT2D eigenvalue weighted by molar-refractivity contribution is 14.0. The third-order valence-corrected chi connectivity index (χ3v) is 2.89. The molecule has 3 N–H and O–H groups in total. The summed E-state index contributed by atoms with van der Waals surface area (Å²) < 4.78 is 30.9. The summed E-state index contributed by atoms with van der Waals surface area (Å²) >= 11 is 0. The van der Waals surface area contributed by atoms with E-state index < -0.39 is 5.92 Å². The first kappa shape index (κ1) is 17.9. The molecule has 1 saturated carbocycles. The van der Waals surface area contributed by atoms with Gasteiger partial charge in [-0.05, 0) is 38.1 Å². The Morgan fingerprint density at radius 1 is 1.33 bits per heavy atom. The predicted molar refractivity (Wildman–Crippen MR) is 90.8 cm³/mol. The number of nitrogens with zero attached hydrogens (tertiary/aromatic N) is 1. The lowest BCUT2D eigenvalue weighted by Gasteiger charge is -2.32. The summed E-state index contributed by atoms with van der Waals surface area (Å²) in [5.74, 6) is -1.66. The minimum atomic E-state index is -2.58. The van der Waals surface area contributed by atoms with Crippen LogP contribution in [-0.2, 0) is 0 Å². The molecule has 0 saturated heterocycles.